The van der Waals surface area contributed by atoms with Crippen molar-refractivity contribution in [1.82, 2.24) is 20.2 Å². The van der Waals surface area contributed by atoms with E-state index in [1.54, 1.807) is 6.07 Å². The van der Waals surface area contributed by atoms with Gasteiger partial charge in [-0.05, 0) is 29.0 Å². The Morgan fingerprint density at radius 2 is 2.06 bits per heavy atom. The fourth-order valence-corrected chi connectivity index (χ4v) is 1.69. The maximum atomic E-state index is 11.2. The number of rotatable bonds is 3. The zero-order valence-electron chi connectivity index (χ0n) is 9.34. The van der Waals surface area contributed by atoms with Gasteiger partial charge in [-0.1, -0.05) is 41.4 Å². The average Bonchev–Trinajstić information content (AvgIpc) is 2.78. The molecule has 2 aromatic rings. The molecule has 1 aromatic carbocycles. The summed E-state index contributed by atoms with van der Waals surface area (Å²) in [5.41, 5.74) is 6.71. The molecular weight excluding hydrogens is 277 g/mol. The van der Waals surface area contributed by atoms with E-state index in [4.69, 9.17) is 28.9 Å². The fourth-order valence-electron chi connectivity index (χ4n) is 1.46. The Balaban J connectivity index is 2.60. The van der Waals surface area contributed by atoms with Gasteiger partial charge in [0.05, 0.1) is 5.69 Å². The number of amides is 1. The number of hydrogen-bond donors (Lipinski definition) is 1. The molecule has 2 rings (SSSR count). The van der Waals surface area contributed by atoms with Crippen molar-refractivity contribution in [1.29, 1.82) is 0 Å². The fraction of sp³-hybridized carbons (Fsp3) is 0.200. The van der Waals surface area contributed by atoms with Crippen molar-refractivity contribution < 1.29 is 4.79 Å². The maximum absolute atomic E-state index is 11.2. The molecule has 0 saturated carbocycles. The predicted molar refractivity (Wildman–Crippen MR) is 66.5 cm³/mol. The summed E-state index contributed by atoms with van der Waals surface area (Å²) in [7, 11) is 0. The van der Waals surface area contributed by atoms with E-state index in [-0.39, 0.29) is 5.82 Å². The van der Waals surface area contributed by atoms with Gasteiger partial charge in [0.25, 0.3) is 10.2 Å². The number of tetrazole rings is 1. The third-order valence-electron chi connectivity index (χ3n) is 2.40. The van der Waals surface area contributed by atoms with Crippen molar-refractivity contribution in [2.75, 3.05) is 0 Å². The Kier molecular flexibility index (Phi) is 3.23. The molecule has 0 radical (unpaired) electrons. The van der Waals surface area contributed by atoms with E-state index in [1.165, 1.54) is 4.68 Å². The van der Waals surface area contributed by atoms with Gasteiger partial charge in [0.2, 0.25) is 5.82 Å². The minimum atomic E-state index is -1.98. The number of halogens is 2. The van der Waals surface area contributed by atoms with Crippen LogP contribution in [0.25, 0.3) is 5.69 Å². The highest BCUT2D eigenvalue weighted by atomic mass is 35.5. The Morgan fingerprint density at radius 3 is 2.67 bits per heavy atom. The molecule has 0 fully saturated rings. The van der Waals surface area contributed by atoms with Crippen LogP contribution in [0.4, 0.5) is 0 Å². The van der Waals surface area contributed by atoms with Gasteiger partial charge in [-0.25, -0.2) is 0 Å². The molecule has 0 aliphatic heterocycles. The summed E-state index contributed by atoms with van der Waals surface area (Å²) in [6, 6.07) is 7.32. The summed E-state index contributed by atoms with van der Waals surface area (Å²) < 4.78 is -0.689. The third kappa shape index (κ3) is 2.04. The summed E-state index contributed by atoms with van der Waals surface area (Å²) in [6.45, 7) is 1.87. The van der Waals surface area contributed by atoms with Crippen molar-refractivity contribution in [3.8, 4) is 5.69 Å². The van der Waals surface area contributed by atoms with Crippen molar-refractivity contribution in [3.05, 3.63) is 35.7 Å². The number of nitrogens with zero attached hydrogens (tertiary/aromatic N) is 4. The number of para-hydroxylation sites is 1. The number of aryl methyl sites for hydroxylation is 1. The van der Waals surface area contributed by atoms with E-state index in [9.17, 15) is 4.79 Å². The van der Waals surface area contributed by atoms with E-state index in [0.29, 0.717) is 5.69 Å². The van der Waals surface area contributed by atoms with Crippen LogP contribution in [-0.4, -0.2) is 26.1 Å². The van der Waals surface area contributed by atoms with E-state index in [0.717, 1.165) is 5.56 Å². The molecule has 0 aliphatic carbocycles. The van der Waals surface area contributed by atoms with Crippen LogP contribution in [0.3, 0.4) is 0 Å². The summed E-state index contributed by atoms with van der Waals surface area (Å²) in [4.78, 5) is 11.2. The molecule has 0 bridgehead atoms. The zero-order chi connectivity index (χ0) is 13.3. The number of primary amides is 1. The van der Waals surface area contributed by atoms with Gasteiger partial charge in [0, 0.05) is 0 Å². The number of aromatic nitrogens is 4. The number of alkyl halides is 2. The number of nitrogens with two attached hydrogens (primary N) is 1. The van der Waals surface area contributed by atoms with Crippen LogP contribution in [0, 0.1) is 6.92 Å². The molecule has 2 N–H and O–H groups in total. The highest BCUT2D eigenvalue weighted by molar-refractivity contribution is 6.57. The van der Waals surface area contributed by atoms with Gasteiger partial charge in [-0.3, -0.25) is 4.79 Å². The first-order valence-electron chi connectivity index (χ1n) is 4.97. The Morgan fingerprint density at radius 1 is 1.39 bits per heavy atom. The average molecular weight is 286 g/mol. The van der Waals surface area contributed by atoms with Crippen LogP contribution < -0.4 is 5.73 Å². The van der Waals surface area contributed by atoms with E-state index in [2.05, 4.69) is 15.5 Å². The minimum Gasteiger partial charge on any atom is -0.367 e. The molecule has 94 valence electrons. The molecule has 1 aromatic heterocycles. The highest BCUT2D eigenvalue weighted by Gasteiger charge is 2.40. The lowest BCUT2D eigenvalue weighted by Crippen LogP contribution is -2.33. The Hall–Kier alpha value is -1.66. The number of carbonyl (C=O) groups is 1. The van der Waals surface area contributed by atoms with Crippen molar-refractivity contribution in [2.24, 2.45) is 5.73 Å². The lowest BCUT2D eigenvalue weighted by atomic mass is 10.2. The largest absolute Gasteiger partial charge is 0.367 e. The lowest BCUT2D eigenvalue weighted by Gasteiger charge is -2.15. The number of benzene rings is 1. The summed E-state index contributed by atoms with van der Waals surface area (Å²) in [6.07, 6.45) is 0. The maximum Gasteiger partial charge on any atom is 0.262 e. The van der Waals surface area contributed by atoms with E-state index >= 15 is 0 Å². The minimum absolute atomic E-state index is 0.0346. The van der Waals surface area contributed by atoms with Crippen LogP contribution in [0.5, 0.6) is 0 Å². The Bertz CT molecular complexity index is 595. The molecule has 8 heteroatoms. The van der Waals surface area contributed by atoms with Gasteiger partial charge in [0.15, 0.2) is 0 Å². The quantitative estimate of drug-likeness (QED) is 0.855. The number of hydrogen-bond acceptors (Lipinski definition) is 4. The molecule has 18 heavy (non-hydrogen) atoms. The molecule has 0 saturated heterocycles. The first kappa shape index (κ1) is 12.8. The molecule has 6 nitrogen and oxygen atoms in total. The standard InChI is InChI=1S/C10H9Cl2N5O/c1-6-4-2-3-5-7(6)17-9(14-15-16-17)10(11,12)8(13)18/h2-5H,1H3,(H2,13,18). The number of carbonyl (C=O) groups excluding carboxylic acids is 1. The molecule has 0 unspecified atom stereocenters. The topological polar surface area (TPSA) is 86.7 Å². The molecule has 1 heterocycles. The highest BCUT2D eigenvalue weighted by Crippen LogP contribution is 2.32. The van der Waals surface area contributed by atoms with Crippen LogP contribution in [-0.2, 0) is 9.13 Å². The van der Waals surface area contributed by atoms with Gasteiger partial charge in [-0.2, -0.15) is 4.68 Å². The second kappa shape index (κ2) is 4.55. The molecular formula is C10H9Cl2N5O. The van der Waals surface area contributed by atoms with Crippen molar-refractivity contribution >= 4 is 29.1 Å². The van der Waals surface area contributed by atoms with Gasteiger partial charge < -0.3 is 5.73 Å². The van der Waals surface area contributed by atoms with Crippen LogP contribution in [0.1, 0.15) is 11.4 Å². The van der Waals surface area contributed by atoms with E-state index in [1.807, 2.05) is 25.1 Å². The predicted octanol–water partition coefficient (Wildman–Crippen LogP) is 1.09. The molecule has 0 aliphatic rings. The second-order valence-corrected chi connectivity index (χ2v) is 4.97. The van der Waals surface area contributed by atoms with Crippen LogP contribution >= 0.6 is 23.2 Å². The summed E-state index contributed by atoms with van der Waals surface area (Å²) in [5.74, 6) is -0.969. The normalized spacial score (nSPS) is 11.5. The first-order valence-corrected chi connectivity index (χ1v) is 5.72. The SMILES string of the molecule is Cc1ccccc1-n1nnnc1C(Cl)(Cl)C(N)=O. The molecule has 1 amide bonds. The third-order valence-corrected chi connectivity index (χ3v) is 3.11. The lowest BCUT2D eigenvalue weighted by molar-refractivity contribution is -0.119. The zero-order valence-corrected chi connectivity index (χ0v) is 10.9. The molecule has 0 spiro atoms. The first-order chi connectivity index (χ1) is 8.44. The summed E-state index contributed by atoms with van der Waals surface area (Å²) in [5, 5.41) is 10.9. The Labute approximate surface area is 113 Å². The molecule has 0 atom stereocenters. The van der Waals surface area contributed by atoms with Crippen molar-refractivity contribution in [3.63, 3.8) is 0 Å². The van der Waals surface area contributed by atoms with Gasteiger partial charge in [0.1, 0.15) is 0 Å². The smallest absolute Gasteiger partial charge is 0.262 e. The monoisotopic (exact) mass is 285 g/mol. The van der Waals surface area contributed by atoms with Crippen LogP contribution in [0.2, 0.25) is 0 Å². The van der Waals surface area contributed by atoms with Gasteiger partial charge >= 0.3 is 0 Å². The van der Waals surface area contributed by atoms with Crippen LogP contribution in [0.15, 0.2) is 24.3 Å². The van der Waals surface area contributed by atoms with Gasteiger partial charge in [-0.15, -0.1) is 5.10 Å². The van der Waals surface area contributed by atoms with E-state index < -0.39 is 10.2 Å². The summed E-state index contributed by atoms with van der Waals surface area (Å²) >= 11 is 11.7. The van der Waals surface area contributed by atoms with Crippen molar-refractivity contribution in [2.45, 2.75) is 11.3 Å². The second-order valence-electron chi connectivity index (χ2n) is 3.64.